The van der Waals surface area contributed by atoms with Gasteiger partial charge in [-0.3, -0.25) is 4.79 Å². The van der Waals surface area contributed by atoms with E-state index in [-0.39, 0.29) is 11.4 Å². The van der Waals surface area contributed by atoms with Crippen LogP contribution in [0.4, 0.5) is 20.2 Å². The van der Waals surface area contributed by atoms with E-state index in [1.165, 1.54) is 16.8 Å². The molecular weight excluding hydrogens is 440 g/mol. The van der Waals surface area contributed by atoms with E-state index in [0.717, 1.165) is 11.3 Å². The lowest BCUT2D eigenvalue weighted by atomic mass is 10.2. The van der Waals surface area contributed by atoms with Crippen molar-refractivity contribution in [3.8, 4) is 11.4 Å². The van der Waals surface area contributed by atoms with E-state index in [2.05, 4.69) is 25.3 Å². The van der Waals surface area contributed by atoms with Crippen LogP contribution in [-0.2, 0) is 6.54 Å². The molecule has 0 saturated carbocycles. The lowest BCUT2D eigenvalue weighted by molar-refractivity contribution is -0.0498. The van der Waals surface area contributed by atoms with Gasteiger partial charge in [-0.1, -0.05) is 47.7 Å². The highest BCUT2D eigenvalue weighted by molar-refractivity contribution is 6.05. The molecule has 0 saturated heterocycles. The van der Waals surface area contributed by atoms with Crippen molar-refractivity contribution in [2.45, 2.75) is 20.1 Å². The Morgan fingerprint density at radius 1 is 1.03 bits per heavy atom. The van der Waals surface area contributed by atoms with Gasteiger partial charge in [-0.2, -0.15) is 8.78 Å². The van der Waals surface area contributed by atoms with Crippen LogP contribution in [0.3, 0.4) is 0 Å². The smallest absolute Gasteiger partial charge is 0.387 e. The molecule has 1 amide bonds. The first kappa shape index (κ1) is 22.9. The maximum atomic E-state index is 13.0. The highest BCUT2D eigenvalue weighted by Gasteiger charge is 2.19. The molecule has 174 valence electrons. The van der Waals surface area contributed by atoms with E-state index >= 15 is 0 Å². The fraction of sp³-hybridized carbons (Fsp3) is 0.160. The fourth-order valence-corrected chi connectivity index (χ4v) is 3.59. The van der Waals surface area contributed by atoms with Gasteiger partial charge >= 0.3 is 6.61 Å². The molecule has 0 unspecified atom stereocenters. The number of halogens is 2. The highest BCUT2D eigenvalue weighted by atomic mass is 19.3. The summed E-state index contributed by atoms with van der Waals surface area (Å²) >= 11 is 0. The number of aromatic nitrogens is 3. The molecule has 4 rings (SSSR count). The topological polar surface area (TPSA) is 72.3 Å². The second-order valence-corrected chi connectivity index (χ2v) is 7.62. The van der Waals surface area contributed by atoms with E-state index in [0.29, 0.717) is 23.6 Å². The number of anilines is 2. The first-order chi connectivity index (χ1) is 16.4. The summed E-state index contributed by atoms with van der Waals surface area (Å²) in [5, 5.41) is 11.0. The third-order valence-electron chi connectivity index (χ3n) is 5.24. The van der Waals surface area contributed by atoms with Crippen LogP contribution >= 0.6 is 0 Å². The fourth-order valence-electron chi connectivity index (χ4n) is 3.59. The second kappa shape index (κ2) is 10.1. The Bertz CT molecular complexity index is 1260. The summed E-state index contributed by atoms with van der Waals surface area (Å²) in [6.45, 7) is -0.510. The van der Waals surface area contributed by atoms with E-state index < -0.39 is 12.5 Å². The molecule has 0 fully saturated rings. The Morgan fingerprint density at radius 2 is 1.71 bits per heavy atom. The molecule has 0 aliphatic heterocycles. The van der Waals surface area contributed by atoms with Crippen molar-refractivity contribution < 1.29 is 18.3 Å². The SMILES string of the molecule is Cc1c(C(=O)Nc2ccccc2N(C)Cc2ccccc2)nnn1-c1ccc(OC(F)F)cc1. The molecule has 0 atom stereocenters. The van der Waals surface area contributed by atoms with E-state index in [1.54, 1.807) is 19.1 Å². The maximum Gasteiger partial charge on any atom is 0.387 e. The standard InChI is InChI=1S/C25H23F2N5O2/c1-17-23(29-30-32(17)19-12-14-20(15-13-19)34-25(26)27)24(33)28-21-10-6-7-11-22(21)31(2)16-18-8-4-3-5-9-18/h3-15,25H,16H2,1-2H3,(H,28,33). The van der Waals surface area contributed by atoms with Crippen molar-refractivity contribution in [1.82, 2.24) is 15.0 Å². The van der Waals surface area contributed by atoms with Gasteiger partial charge in [0, 0.05) is 13.6 Å². The lowest BCUT2D eigenvalue weighted by Gasteiger charge is -2.22. The Labute approximate surface area is 195 Å². The van der Waals surface area contributed by atoms with Gasteiger partial charge in [0.05, 0.1) is 22.8 Å². The van der Waals surface area contributed by atoms with Gasteiger partial charge in [-0.05, 0) is 48.9 Å². The number of hydrogen-bond donors (Lipinski definition) is 1. The number of rotatable bonds is 8. The number of amides is 1. The van der Waals surface area contributed by atoms with Crippen molar-refractivity contribution in [2.75, 3.05) is 17.3 Å². The summed E-state index contributed by atoms with van der Waals surface area (Å²) in [6.07, 6.45) is 0. The average Bonchev–Trinajstić information content (AvgIpc) is 3.21. The second-order valence-electron chi connectivity index (χ2n) is 7.62. The molecule has 1 heterocycles. The zero-order valence-corrected chi connectivity index (χ0v) is 18.7. The predicted molar refractivity (Wildman–Crippen MR) is 126 cm³/mol. The molecular formula is C25H23F2N5O2. The number of hydrogen-bond acceptors (Lipinski definition) is 5. The summed E-state index contributed by atoms with van der Waals surface area (Å²) in [6, 6.07) is 23.5. The molecule has 34 heavy (non-hydrogen) atoms. The van der Waals surface area contributed by atoms with Crippen LogP contribution in [-0.4, -0.2) is 34.6 Å². The number of nitrogens with zero attached hydrogens (tertiary/aromatic N) is 4. The van der Waals surface area contributed by atoms with Crippen molar-refractivity contribution in [2.24, 2.45) is 0 Å². The van der Waals surface area contributed by atoms with Crippen LogP contribution in [0.25, 0.3) is 5.69 Å². The van der Waals surface area contributed by atoms with Crippen LogP contribution in [0.5, 0.6) is 5.75 Å². The zero-order valence-electron chi connectivity index (χ0n) is 18.7. The third-order valence-corrected chi connectivity index (χ3v) is 5.24. The lowest BCUT2D eigenvalue weighted by Crippen LogP contribution is -2.20. The summed E-state index contributed by atoms with van der Waals surface area (Å²) in [7, 11) is 1.96. The Morgan fingerprint density at radius 3 is 2.41 bits per heavy atom. The van der Waals surface area contributed by atoms with Crippen molar-refractivity contribution >= 4 is 17.3 Å². The number of carbonyl (C=O) groups is 1. The molecule has 7 nitrogen and oxygen atoms in total. The molecule has 1 aromatic heterocycles. The number of alkyl halides is 2. The third kappa shape index (κ3) is 5.20. The minimum Gasteiger partial charge on any atom is -0.435 e. The van der Waals surface area contributed by atoms with Crippen LogP contribution in [0.2, 0.25) is 0 Å². The summed E-state index contributed by atoms with van der Waals surface area (Å²) in [5.41, 5.74) is 3.89. The number of carbonyl (C=O) groups excluding carboxylic acids is 1. The average molecular weight is 463 g/mol. The van der Waals surface area contributed by atoms with Crippen molar-refractivity contribution in [3.63, 3.8) is 0 Å². The van der Waals surface area contributed by atoms with Gasteiger partial charge in [-0.15, -0.1) is 5.10 Å². The number of nitrogens with one attached hydrogen (secondary N) is 1. The monoisotopic (exact) mass is 463 g/mol. The first-order valence-corrected chi connectivity index (χ1v) is 10.6. The number of benzene rings is 3. The van der Waals surface area contributed by atoms with Crippen LogP contribution in [0.1, 0.15) is 21.7 Å². The number of ether oxygens (including phenoxy) is 1. The minimum atomic E-state index is -2.90. The van der Waals surface area contributed by atoms with Crippen molar-refractivity contribution in [3.05, 3.63) is 95.8 Å². The molecule has 0 aliphatic carbocycles. The summed E-state index contributed by atoms with van der Waals surface area (Å²) < 4.78 is 30.6. The van der Waals surface area contributed by atoms with Gasteiger partial charge in [0.15, 0.2) is 5.69 Å². The van der Waals surface area contributed by atoms with Gasteiger partial charge in [0.25, 0.3) is 5.91 Å². The van der Waals surface area contributed by atoms with E-state index in [9.17, 15) is 13.6 Å². The Balaban J connectivity index is 1.51. The van der Waals surface area contributed by atoms with Gasteiger partial charge in [0.1, 0.15) is 5.75 Å². The molecule has 9 heteroatoms. The molecule has 0 spiro atoms. The number of para-hydroxylation sites is 2. The maximum absolute atomic E-state index is 13.0. The van der Waals surface area contributed by atoms with Crippen LogP contribution < -0.4 is 15.0 Å². The summed E-state index contributed by atoms with van der Waals surface area (Å²) in [4.78, 5) is 15.1. The van der Waals surface area contributed by atoms with Crippen LogP contribution in [0, 0.1) is 6.92 Å². The molecule has 1 N–H and O–H groups in total. The van der Waals surface area contributed by atoms with E-state index in [4.69, 9.17) is 0 Å². The molecule has 0 bridgehead atoms. The van der Waals surface area contributed by atoms with Gasteiger partial charge in [0.2, 0.25) is 0 Å². The minimum absolute atomic E-state index is 0.0331. The molecule has 0 radical (unpaired) electrons. The highest BCUT2D eigenvalue weighted by Crippen LogP contribution is 2.27. The first-order valence-electron chi connectivity index (χ1n) is 10.6. The van der Waals surface area contributed by atoms with Gasteiger partial charge in [-0.25, -0.2) is 4.68 Å². The normalized spacial score (nSPS) is 10.9. The molecule has 4 aromatic rings. The van der Waals surface area contributed by atoms with Crippen LogP contribution in [0.15, 0.2) is 78.9 Å². The Hall–Kier alpha value is -4.27. The molecule has 0 aliphatic rings. The zero-order chi connectivity index (χ0) is 24.1. The molecule has 3 aromatic carbocycles. The quantitative estimate of drug-likeness (QED) is 0.395. The summed E-state index contributed by atoms with van der Waals surface area (Å²) in [5.74, 6) is -0.368. The predicted octanol–water partition coefficient (Wildman–Crippen LogP) is 5.07. The van der Waals surface area contributed by atoms with Crippen molar-refractivity contribution in [1.29, 1.82) is 0 Å². The van der Waals surface area contributed by atoms with E-state index in [1.807, 2.05) is 61.6 Å². The largest absolute Gasteiger partial charge is 0.435 e. The van der Waals surface area contributed by atoms with Gasteiger partial charge < -0.3 is 15.0 Å². The Kier molecular flexibility index (Phi) is 6.82.